The van der Waals surface area contributed by atoms with Crippen LogP contribution < -0.4 is 5.32 Å². The number of rotatable bonds is 4. The number of nitrogens with one attached hydrogen (secondary N) is 1. The lowest BCUT2D eigenvalue weighted by Crippen LogP contribution is -2.27. The van der Waals surface area contributed by atoms with Crippen LogP contribution in [0.4, 0.5) is 13.2 Å². The fourth-order valence-electron chi connectivity index (χ4n) is 1.84. The second kappa shape index (κ2) is 6.47. The number of aliphatic hydroxyl groups excluding tert-OH is 1. The summed E-state index contributed by atoms with van der Waals surface area (Å²) in [6.07, 6.45) is -3.81. The Labute approximate surface area is 133 Å². The van der Waals surface area contributed by atoms with Gasteiger partial charge in [-0.25, -0.2) is 4.68 Å². The van der Waals surface area contributed by atoms with E-state index in [1.807, 2.05) is 0 Å². The minimum atomic E-state index is -4.69. The summed E-state index contributed by atoms with van der Waals surface area (Å²) in [5, 5.41) is 24.1. The van der Waals surface area contributed by atoms with Crippen molar-refractivity contribution in [1.29, 1.82) is 0 Å². The first kappa shape index (κ1) is 17.1. The third kappa shape index (κ3) is 3.74. The van der Waals surface area contributed by atoms with E-state index in [4.69, 9.17) is 16.7 Å². The number of carbonyl (C=O) groups excluding carboxylic acids is 1. The van der Waals surface area contributed by atoms with E-state index in [2.05, 4.69) is 10.4 Å². The molecule has 2 rings (SSSR count). The van der Waals surface area contributed by atoms with Crippen molar-refractivity contribution in [2.45, 2.75) is 6.18 Å². The molecule has 0 radical (unpaired) electrons. The zero-order chi connectivity index (χ0) is 17.2. The summed E-state index contributed by atoms with van der Waals surface area (Å²) < 4.78 is 40.0. The number of hydrogen-bond donors (Lipinski definition) is 3. The number of hydrogen-bond acceptors (Lipinski definition) is 4. The lowest BCUT2D eigenvalue weighted by molar-refractivity contribution is -0.137. The lowest BCUT2D eigenvalue weighted by Gasteiger charge is -2.12. The van der Waals surface area contributed by atoms with Gasteiger partial charge < -0.3 is 15.5 Å². The van der Waals surface area contributed by atoms with Gasteiger partial charge >= 0.3 is 6.18 Å². The van der Waals surface area contributed by atoms with Gasteiger partial charge in [-0.3, -0.25) is 4.79 Å². The van der Waals surface area contributed by atoms with Gasteiger partial charge in [0, 0.05) is 11.6 Å². The zero-order valence-electron chi connectivity index (χ0n) is 11.4. The van der Waals surface area contributed by atoms with Gasteiger partial charge in [-0.2, -0.15) is 18.3 Å². The highest BCUT2D eigenvalue weighted by Gasteiger charge is 2.35. The highest BCUT2D eigenvalue weighted by Crippen LogP contribution is 2.36. The van der Waals surface area contributed by atoms with Crippen molar-refractivity contribution in [2.75, 3.05) is 13.2 Å². The predicted molar refractivity (Wildman–Crippen MR) is 74.7 cm³/mol. The van der Waals surface area contributed by atoms with E-state index in [9.17, 15) is 23.1 Å². The van der Waals surface area contributed by atoms with Crippen molar-refractivity contribution in [2.24, 2.45) is 0 Å². The molecule has 1 aromatic carbocycles. The van der Waals surface area contributed by atoms with Crippen LogP contribution in [0.1, 0.15) is 16.1 Å². The molecule has 0 unspecified atom stereocenters. The average Bonchev–Trinajstić information content (AvgIpc) is 2.85. The summed E-state index contributed by atoms with van der Waals surface area (Å²) in [5.41, 5.74) is -1.91. The number of aromatic nitrogens is 2. The second-order valence-electron chi connectivity index (χ2n) is 4.45. The molecular weight excluding hydrogens is 339 g/mol. The Bertz CT molecular complexity index is 731. The first-order valence-corrected chi connectivity index (χ1v) is 6.66. The van der Waals surface area contributed by atoms with Crippen LogP contribution in [0, 0.1) is 0 Å². The van der Waals surface area contributed by atoms with Gasteiger partial charge in [0.15, 0.2) is 11.4 Å². The smallest absolute Gasteiger partial charge is 0.418 e. The zero-order valence-corrected chi connectivity index (χ0v) is 12.2. The van der Waals surface area contributed by atoms with Gasteiger partial charge in [-0.1, -0.05) is 11.6 Å². The highest BCUT2D eigenvalue weighted by atomic mass is 35.5. The molecule has 1 amide bonds. The molecule has 0 aliphatic carbocycles. The van der Waals surface area contributed by atoms with E-state index in [1.165, 1.54) is 6.07 Å². The number of benzene rings is 1. The molecule has 2 aromatic rings. The second-order valence-corrected chi connectivity index (χ2v) is 4.88. The summed E-state index contributed by atoms with van der Waals surface area (Å²) in [6, 6.07) is 3.03. The maximum absolute atomic E-state index is 13.1. The summed E-state index contributed by atoms with van der Waals surface area (Å²) >= 11 is 5.59. The summed E-state index contributed by atoms with van der Waals surface area (Å²) in [5.74, 6) is -1.42. The van der Waals surface area contributed by atoms with Crippen molar-refractivity contribution in [3.63, 3.8) is 0 Å². The molecule has 6 nitrogen and oxygen atoms in total. The molecule has 124 valence electrons. The first-order valence-electron chi connectivity index (χ1n) is 6.29. The molecule has 0 atom stereocenters. The van der Waals surface area contributed by atoms with Gasteiger partial charge in [0.2, 0.25) is 0 Å². The molecule has 0 saturated heterocycles. The van der Waals surface area contributed by atoms with E-state index < -0.39 is 34.8 Å². The van der Waals surface area contributed by atoms with Crippen molar-refractivity contribution in [1.82, 2.24) is 15.1 Å². The van der Waals surface area contributed by atoms with Crippen LogP contribution in [-0.2, 0) is 6.18 Å². The fraction of sp³-hybridized carbons (Fsp3) is 0.231. The number of halogens is 4. The Morgan fingerprint density at radius 2 is 2.09 bits per heavy atom. The number of carbonyl (C=O) groups is 1. The predicted octanol–water partition coefficient (Wildman–Crippen LogP) is 1.97. The van der Waals surface area contributed by atoms with Gasteiger partial charge in [0.1, 0.15) is 0 Å². The molecule has 0 spiro atoms. The number of aliphatic hydroxyl groups is 1. The molecule has 1 aromatic heterocycles. The molecule has 23 heavy (non-hydrogen) atoms. The molecule has 0 aliphatic rings. The number of alkyl halides is 3. The Balaban J connectivity index is 2.46. The van der Waals surface area contributed by atoms with Gasteiger partial charge in [0.25, 0.3) is 5.91 Å². The topological polar surface area (TPSA) is 87.4 Å². The highest BCUT2D eigenvalue weighted by molar-refractivity contribution is 6.30. The van der Waals surface area contributed by atoms with Crippen molar-refractivity contribution in [3.05, 3.63) is 40.7 Å². The fourth-order valence-corrected chi connectivity index (χ4v) is 2.01. The van der Waals surface area contributed by atoms with Crippen molar-refractivity contribution < 1.29 is 28.2 Å². The number of amides is 1. The van der Waals surface area contributed by atoms with E-state index in [1.54, 1.807) is 0 Å². The van der Waals surface area contributed by atoms with Gasteiger partial charge in [-0.15, -0.1) is 0 Å². The van der Waals surface area contributed by atoms with Crippen molar-refractivity contribution >= 4 is 17.5 Å². The first-order chi connectivity index (χ1) is 10.7. The van der Waals surface area contributed by atoms with Crippen LogP contribution in [0.25, 0.3) is 5.69 Å². The maximum Gasteiger partial charge on any atom is 0.418 e. The van der Waals surface area contributed by atoms with E-state index in [0.717, 1.165) is 23.0 Å². The average molecular weight is 350 g/mol. The molecule has 10 heteroatoms. The minimum absolute atomic E-state index is 0.0835. The van der Waals surface area contributed by atoms with Gasteiger partial charge in [0.05, 0.1) is 24.1 Å². The summed E-state index contributed by atoms with van der Waals surface area (Å²) in [6.45, 7) is -0.414. The Morgan fingerprint density at radius 3 is 2.70 bits per heavy atom. The van der Waals surface area contributed by atoms with Crippen LogP contribution >= 0.6 is 11.6 Å². The Kier molecular flexibility index (Phi) is 4.81. The molecular formula is C13H11ClF3N3O3. The number of nitrogens with zero attached hydrogens (tertiary/aromatic N) is 2. The molecule has 0 fully saturated rings. The molecule has 0 bridgehead atoms. The molecule has 1 heterocycles. The standard InChI is InChI=1S/C13H11ClF3N3O3/c14-7-1-2-9(8(5-7)13(15,16)17)20-6-10(22)11(19-20)12(23)18-3-4-21/h1-2,5-6,21-22H,3-4H2,(H,18,23). The Hall–Kier alpha value is -2.26. The SMILES string of the molecule is O=C(NCCO)c1nn(-c2ccc(Cl)cc2C(F)(F)F)cc1O. The third-order valence-corrected chi connectivity index (χ3v) is 3.05. The van der Waals surface area contributed by atoms with Gasteiger partial charge in [-0.05, 0) is 18.2 Å². The quantitative estimate of drug-likeness (QED) is 0.787. The summed E-state index contributed by atoms with van der Waals surface area (Å²) in [4.78, 5) is 11.7. The van der Waals surface area contributed by atoms with Crippen LogP contribution in [-0.4, -0.2) is 39.1 Å². The van der Waals surface area contributed by atoms with Crippen LogP contribution in [0.15, 0.2) is 24.4 Å². The van der Waals surface area contributed by atoms with E-state index >= 15 is 0 Å². The molecule has 3 N–H and O–H groups in total. The normalized spacial score (nSPS) is 11.5. The van der Waals surface area contributed by atoms with Crippen LogP contribution in [0.5, 0.6) is 5.75 Å². The van der Waals surface area contributed by atoms with Crippen LogP contribution in [0.2, 0.25) is 5.02 Å². The monoisotopic (exact) mass is 349 g/mol. The largest absolute Gasteiger partial charge is 0.504 e. The van der Waals surface area contributed by atoms with E-state index in [-0.39, 0.29) is 18.2 Å². The minimum Gasteiger partial charge on any atom is -0.504 e. The van der Waals surface area contributed by atoms with Crippen molar-refractivity contribution in [3.8, 4) is 11.4 Å². The Morgan fingerprint density at radius 1 is 1.39 bits per heavy atom. The molecule has 0 saturated carbocycles. The summed E-state index contributed by atoms with van der Waals surface area (Å²) in [7, 11) is 0. The maximum atomic E-state index is 13.1. The van der Waals surface area contributed by atoms with Crippen LogP contribution in [0.3, 0.4) is 0 Å². The van der Waals surface area contributed by atoms with E-state index in [0.29, 0.717) is 0 Å². The number of aromatic hydroxyl groups is 1. The lowest BCUT2D eigenvalue weighted by atomic mass is 10.1. The third-order valence-electron chi connectivity index (χ3n) is 2.82. The molecule has 0 aliphatic heterocycles.